The third-order valence-corrected chi connectivity index (χ3v) is 6.25. The summed E-state index contributed by atoms with van der Waals surface area (Å²) in [4.78, 5) is 4.66. The van der Waals surface area contributed by atoms with Crippen molar-refractivity contribution in [3.63, 3.8) is 0 Å². The van der Waals surface area contributed by atoms with Gasteiger partial charge in [0.15, 0.2) is 6.61 Å². The van der Waals surface area contributed by atoms with E-state index in [1.165, 1.54) is 11.8 Å². The van der Waals surface area contributed by atoms with Crippen molar-refractivity contribution in [2.75, 3.05) is 0 Å². The van der Waals surface area contributed by atoms with E-state index < -0.39 is 0 Å². The molecule has 4 rings (SSSR count). The van der Waals surface area contributed by atoms with E-state index in [4.69, 9.17) is 20.8 Å². The molecule has 2 aromatic heterocycles. The van der Waals surface area contributed by atoms with E-state index >= 15 is 0 Å². The maximum absolute atomic E-state index is 6.25. The van der Waals surface area contributed by atoms with E-state index in [0.717, 1.165) is 33.1 Å². The highest BCUT2D eigenvalue weighted by molar-refractivity contribution is 7.98. The van der Waals surface area contributed by atoms with Gasteiger partial charge in [0.05, 0.1) is 10.7 Å². The quantitative estimate of drug-likeness (QED) is 0.311. The molecule has 0 radical (unpaired) electrons. The molecule has 0 spiro atoms. The fourth-order valence-electron chi connectivity index (χ4n) is 2.62. The highest BCUT2D eigenvalue weighted by Gasteiger charge is 2.12. The van der Waals surface area contributed by atoms with E-state index in [1.807, 2.05) is 55.6 Å². The summed E-state index contributed by atoms with van der Waals surface area (Å²) in [5.41, 5.74) is 4.11. The predicted octanol–water partition coefficient (Wildman–Crippen LogP) is 6.33. The van der Waals surface area contributed by atoms with Crippen LogP contribution in [0.5, 0.6) is 5.75 Å². The zero-order valence-electron chi connectivity index (χ0n) is 15.9. The summed E-state index contributed by atoms with van der Waals surface area (Å²) in [7, 11) is 0. The average molecular weight is 444 g/mol. The lowest BCUT2D eigenvalue weighted by atomic mass is 10.1. The second-order valence-corrected chi connectivity index (χ2v) is 8.62. The van der Waals surface area contributed by atoms with Crippen LogP contribution in [0.2, 0.25) is 5.02 Å². The molecule has 2 aromatic carbocycles. The number of hydrogen-bond donors (Lipinski definition) is 0. The number of hydrogen-bond acceptors (Lipinski definition) is 7. The Hall–Kier alpha value is -2.35. The van der Waals surface area contributed by atoms with Gasteiger partial charge in [0.25, 0.3) is 11.1 Å². The number of halogens is 1. The van der Waals surface area contributed by atoms with Gasteiger partial charge in [-0.3, -0.25) is 0 Å². The normalized spacial score (nSPS) is 11.0. The van der Waals surface area contributed by atoms with Gasteiger partial charge in [0, 0.05) is 16.7 Å². The molecule has 0 N–H and O–H groups in total. The standard InChI is InChI=1S/C21H18ClN3O2S2/c1-13-7-8-14(2)18(9-13)26-10-19-24-25-21(27-19)29-12-15-11-28-20(23-15)16-5-3-4-6-17(16)22/h3-9,11H,10,12H2,1-2H3. The van der Waals surface area contributed by atoms with Crippen LogP contribution in [0.25, 0.3) is 10.6 Å². The Labute approximate surface area is 182 Å². The molecule has 8 heteroatoms. The van der Waals surface area contributed by atoms with Crippen molar-refractivity contribution in [1.82, 2.24) is 15.2 Å². The number of thiazole rings is 1. The second-order valence-electron chi connectivity index (χ2n) is 6.43. The number of aromatic nitrogens is 3. The number of ether oxygens (including phenoxy) is 1. The molecule has 4 aromatic rings. The summed E-state index contributed by atoms with van der Waals surface area (Å²) >= 11 is 9.27. The molecule has 148 valence electrons. The van der Waals surface area contributed by atoms with Crippen molar-refractivity contribution in [3.05, 3.63) is 75.6 Å². The molecule has 0 bridgehead atoms. The number of rotatable bonds is 7. The first-order chi connectivity index (χ1) is 14.1. The van der Waals surface area contributed by atoms with Gasteiger partial charge in [-0.2, -0.15) is 0 Å². The van der Waals surface area contributed by atoms with E-state index in [0.29, 0.717) is 21.9 Å². The zero-order chi connectivity index (χ0) is 20.2. The fourth-order valence-corrected chi connectivity index (χ4v) is 4.54. The lowest BCUT2D eigenvalue weighted by Gasteiger charge is -2.07. The van der Waals surface area contributed by atoms with Crippen LogP contribution in [0.15, 0.2) is 57.5 Å². The van der Waals surface area contributed by atoms with Gasteiger partial charge >= 0.3 is 0 Å². The first-order valence-electron chi connectivity index (χ1n) is 8.93. The van der Waals surface area contributed by atoms with Gasteiger partial charge in [-0.1, -0.05) is 53.7 Å². The Morgan fingerprint density at radius 2 is 2.00 bits per heavy atom. The molecule has 0 unspecified atom stereocenters. The molecule has 2 heterocycles. The molecule has 0 aliphatic carbocycles. The lowest BCUT2D eigenvalue weighted by molar-refractivity contribution is 0.250. The number of benzene rings is 2. The molecule has 0 aliphatic heterocycles. The van der Waals surface area contributed by atoms with Crippen LogP contribution >= 0.6 is 34.7 Å². The van der Waals surface area contributed by atoms with Crippen LogP contribution < -0.4 is 4.74 Å². The van der Waals surface area contributed by atoms with Crippen LogP contribution in [0, 0.1) is 13.8 Å². The van der Waals surface area contributed by atoms with E-state index in [9.17, 15) is 0 Å². The summed E-state index contributed by atoms with van der Waals surface area (Å²) in [6.07, 6.45) is 0. The van der Waals surface area contributed by atoms with Crippen LogP contribution in [0.4, 0.5) is 0 Å². The zero-order valence-corrected chi connectivity index (χ0v) is 18.3. The van der Waals surface area contributed by atoms with Crippen LogP contribution in [0.1, 0.15) is 22.7 Å². The highest BCUT2D eigenvalue weighted by atomic mass is 35.5. The van der Waals surface area contributed by atoms with Crippen molar-refractivity contribution in [3.8, 4) is 16.3 Å². The Morgan fingerprint density at radius 3 is 2.86 bits per heavy atom. The van der Waals surface area contributed by atoms with Gasteiger partial charge in [-0.15, -0.1) is 21.5 Å². The Balaban J connectivity index is 1.34. The van der Waals surface area contributed by atoms with Crippen LogP contribution in [-0.2, 0) is 12.4 Å². The van der Waals surface area contributed by atoms with Crippen LogP contribution in [-0.4, -0.2) is 15.2 Å². The van der Waals surface area contributed by atoms with Gasteiger partial charge in [0.1, 0.15) is 10.8 Å². The SMILES string of the molecule is Cc1ccc(C)c(OCc2nnc(SCc3csc(-c4ccccc4Cl)n3)o2)c1. The van der Waals surface area contributed by atoms with Crippen molar-refractivity contribution in [2.45, 2.75) is 31.4 Å². The highest BCUT2D eigenvalue weighted by Crippen LogP contribution is 2.31. The summed E-state index contributed by atoms with van der Waals surface area (Å²) in [5, 5.41) is 12.3. The lowest BCUT2D eigenvalue weighted by Crippen LogP contribution is -1.97. The first-order valence-corrected chi connectivity index (χ1v) is 11.2. The molecular weight excluding hydrogens is 426 g/mol. The van der Waals surface area contributed by atoms with Crippen molar-refractivity contribution in [1.29, 1.82) is 0 Å². The Morgan fingerprint density at radius 1 is 1.14 bits per heavy atom. The van der Waals surface area contributed by atoms with Gasteiger partial charge < -0.3 is 9.15 Å². The number of nitrogens with zero attached hydrogens (tertiary/aromatic N) is 3. The molecule has 0 fully saturated rings. The second kappa shape index (κ2) is 8.98. The van der Waals surface area contributed by atoms with Crippen molar-refractivity contribution in [2.24, 2.45) is 0 Å². The van der Waals surface area contributed by atoms with Gasteiger partial charge in [-0.05, 0) is 37.1 Å². The largest absolute Gasteiger partial charge is 0.484 e. The molecular formula is C21H18ClN3O2S2. The molecule has 29 heavy (non-hydrogen) atoms. The van der Waals surface area contributed by atoms with Gasteiger partial charge in [-0.25, -0.2) is 4.98 Å². The average Bonchev–Trinajstić information content (AvgIpc) is 3.37. The number of aryl methyl sites for hydroxylation is 2. The minimum Gasteiger partial charge on any atom is -0.484 e. The predicted molar refractivity (Wildman–Crippen MR) is 117 cm³/mol. The molecule has 0 aliphatic rings. The van der Waals surface area contributed by atoms with E-state index in [1.54, 1.807) is 11.3 Å². The van der Waals surface area contributed by atoms with Crippen LogP contribution in [0.3, 0.4) is 0 Å². The Bertz CT molecular complexity index is 1130. The minimum absolute atomic E-state index is 0.241. The monoisotopic (exact) mass is 443 g/mol. The maximum Gasteiger partial charge on any atom is 0.277 e. The maximum atomic E-state index is 6.25. The summed E-state index contributed by atoms with van der Waals surface area (Å²) in [6, 6.07) is 13.8. The summed E-state index contributed by atoms with van der Waals surface area (Å²) < 4.78 is 11.5. The van der Waals surface area contributed by atoms with E-state index in [-0.39, 0.29) is 6.61 Å². The first kappa shape index (κ1) is 19.9. The van der Waals surface area contributed by atoms with Crippen molar-refractivity contribution < 1.29 is 9.15 Å². The fraction of sp³-hybridized carbons (Fsp3) is 0.190. The third-order valence-electron chi connectivity index (χ3n) is 4.14. The molecule has 0 saturated carbocycles. The Kier molecular flexibility index (Phi) is 6.18. The number of thioether (sulfide) groups is 1. The minimum atomic E-state index is 0.241. The molecule has 0 saturated heterocycles. The molecule has 0 atom stereocenters. The molecule has 5 nitrogen and oxygen atoms in total. The smallest absolute Gasteiger partial charge is 0.277 e. The topological polar surface area (TPSA) is 61.0 Å². The third kappa shape index (κ3) is 4.98. The molecule has 0 amide bonds. The van der Waals surface area contributed by atoms with Crippen molar-refractivity contribution >= 4 is 34.7 Å². The summed E-state index contributed by atoms with van der Waals surface area (Å²) in [6.45, 7) is 4.28. The van der Waals surface area contributed by atoms with Gasteiger partial charge in [0.2, 0.25) is 0 Å². The summed E-state index contributed by atoms with van der Waals surface area (Å²) in [5.74, 6) is 1.91. The van der Waals surface area contributed by atoms with E-state index in [2.05, 4.69) is 21.2 Å².